The Labute approximate surface area is 180 Å². The molecule has 0 atom stereocenters. The van der Waals surface area contributed by atoms with E-state index in [2.05, 4.69) is 102 Å². The molecule has 3 aromatic carbocycles. The van der Waals surface area contributed by atoms with Gasteiger partial charge in [-0.3, -0.25) is 4.98 Å². The largest absolute Gasteiger partial charge is 0.436 e. The van der Waals surface area contributed by atoms with Gasteiger partial charge >= 0.3 is 0 Å². The smallest absolute Gasteiger partial charge is 0.227 e. The van der Waals surface area contributed by atoms with Crippen molar-refractivity contribution in [1.82, 2.24) is 9.97 Å². The molecular weight excluding hydrogens is 382 g/mol. The van der Waals surface area contributed by atoms with Crippen LogP contribution in [0.25, 0.3) is 22.6 Å². The van der Waals surface area contributed by atoms with Crippen LogP contribution in [0, 0.1) is 0 Å². The van der Waals surface area contributed by atoms with Crippen LogP contribution >= 0.6 is 0 Å². The Hall–Kier alpha value is -3.92. The third-order valence-electron chi connectivity index (χ3n) is 6.20. The van der Waals surface area contributed by atoms with Crippen LogP contribution in [0.5, 0.6) is 0 Å². The van der Waals surface area contributed by atoms with Crippen LogP contribution in [-0.4, -0.2) is 9.97 Å². The Morgan fingerprint density at radius 1 is 0.774 bits per heavy atom. The van der Waals surface area contributed by atoms with Gasteiger partial charge < -0.3 is 9.32 Å². The zero-order valence-corrected chi connectivity index (χ0v) is 17.4. The minimum Gasteiger partial charge on any atom is -0.436 e. The predicted molar refractivity (Wildman–Crippen MR) is 124 cm³/mol. The lowest BCUT2D eigenvalue weighted by atomic mass is 9.73. The van der Waals surface area contributed by atoms with Crippen LogP contribution in [-0.2, 0) is 5.41 Å². The maximum atomic E-state index is 5.91. The summed E-state index contributed by atoms with van der Waals surface area (Å²) < 4.78 is 5.91. The molecule has 0 saturated heterocycles. The number of benzene rings is 3. The molecule has 0 aliphatic carbocycles. The SMILES string of the molecule is CC1(C)c2ccccc2N(c2ccc(-c3nc4cnccc4o3)cc2)c2ccccc21. The molecular formula is C27H21N3O. The molecule has 4 nitrogen and oxygen atoms in total. The van der Waals surface area contributed by atoms with Crippen LogP contribution in [0.2, 0.25) is 0 Å². The zero-order chi connectivity index (χ0) is 21.0. The van der Waals surface area contributed by atoms with Gasteiger partial charge in [-0.25, -0.2) is 4.98 Å². The lowest BCUT2D eigenvalue weighted by Gasteiger charge is -2.42. The van der Waals surface area contributed by atoms with E-state index in [1.165, 1.54) is 22.5 Å². The zero-order valence-electron chi connectivity index (χ0n) is 17.4. The summed E-state index contributed by atoms with van der Waals surface area (Å²) >= 11 is 0. The first-order valence-corrected chi connectivity index (χ1v) is 10.4. The van der Waals surface area contributed by atoms with Crippen molar-refractivity contribution in [2.24, 2.45) is 0 Å². The molecule has 0 N–H and O–H groups in total. The summed E-state index contributed by atoms with van der Waals surface area (Å²) in [5.74, 6) is 0.607. The average molecular weight is 403 g/mol. The summed E-state index contributed by atoms with van der Waals surface area (Å²) in [7, 11) is 0. The topological polar surface area (TPSA) is 42.2 Å². The summed E-state index contributed by atoms with van der Waals surface area (Å²) in [5, 5.41) is 0. The monoisotopic (exact) mass is 403 g/mol. The lowest BCUT2D eigenvalue weighted by molar-refractivity contribution is 0.619. The summed E-state index contributed by atoms with van der Waals surface area (Å²) in [5.41, 5.74) is 8.58. The minimum atomic E-state index is -0.0597. The van der Waals surface area contributed by atoms with Crippen molar-refractivity contribution in [3.05, 3.63) is 102 Å². The van der Waals surface area contributed by atoms with E-state index in [0.717, 1.165) is 22.4 Å². The maximum Gasteiger partial charge on any atom is 0.227 e. The number of aromatic nitrogens is 2. The van der Waals surface area contributed by atoms with Crippen molar-refractivity contribution in [1.29, 1.82) is 0 Å². The van der Waals surface area contributed by atoms with Gasteiger partial charge in [0.25, 0.3) is 0 Å². The van der Waals surface area contributed by atoms with Crippen molar-refractivity contribution >= 4 is 28.2 Å². The van der Waals surface area contributed by atoms with Crippen molar-refractivity contribution in [2.75, 3.05) is 4.90 Å². The van der Waals surface area contributed by atoms with E-state index in [4.69, 9.17) is 4.42 Å². The van der Waals surface area contributed by atoms with Gasteiger partial charge in [-0.2, -0.15) is 0 Å². The van der Waals surface area contributed by atoms with E-state index < -0.39 is 0 Å². The second kappa shape index (κ2) is 6.54. The van der Waals surface area contributed by atoms with Gasteiger partial charge in [-0.15, -0.1) is 0 Å². The Bertz CT molecular complexity index is 1330. The fraction of sp³-hybridized carbons (Fsp3) is 0.111. The number of fused-ring (bicyclic) bond motifs is 3. The molecule has 0 unspecified atom stereocenters. The van der Waals surface area contributed by atoms with Crippen LogP contribution < -0.4 is 4.90 Å². The Morgan fingerprint density at radius 2 is 1.42 bits per heavy atom. The van der Waals surface area contributed by atoms with Gasteiger partial charge in [0.1, 0.15) is 5.52 Å². The van der Waals surface area contributed by atoms with Crippen LogP contribution in [0.15, 0.2) is 95.7 Å². The maximum absolute atomic E-state index is 5.91. The number of pyridine rings is 1. The molecule has 0 spiro atoms. The molecule has 0 radical (unpaired) electrons. The molecule has 2 aromatic heterocycles. The normalized spacial score (nSPS) is 14.3. The summed E-state index contributed by atoms with van der Waals surface area (Å²) in [6, 6.07) is 27.6. The molecule has 0 saturated carbocycles. The van der Waals surface area contributed by atoms with E-state index >= 15 is 0 Å². The highest BCUT2D eigenvalue weighted by Crippen LogP contribution is 2.51. The van der Waals surface area contributed by atoms with E-state index in [0.29, 0.717) is 5.89 Å². The summed E-state index contributed by atoms with van der Waals surface area (Å²) in [6.45, 7) is 4.60. The minimum absolute atomic E-state index is 0.0597. The summed E-state index contributed by atoms with van der Waals surface area (Å²) in [4.78, 5) is 11.0. The predicted octanol–water partition coefficient (Wildman–Crippen LogP) is 7.00. The summed E-state index contributed by atoms with van der Waals surface area (Å²) in [6.07, 6.45) is 3.44. The Balaban J connectivity index is 1.47. The van der Waals surface area contributed by atoms with Crippen LogP contribution in [0.1, 0.15) is 25.0 Å². The molecule has 5 aromatic rings. The highest BCUT2D eigenvalue weighted by molar-refractivity contribution is 5.86. The van der Waals surface area contributed by atoms with E-state index in [1.807, 2.05) is 6.07 Å². The van der Waals surface area contributed by atoms with Gasteiger partial charge in [0.15, 0.2) is 5.58 Å². The molecule has 4 heteroatoms. The number of oxazole rings is 1. The Morgan fingerprint density at radius 3 is 2.06 bits per heavy atom. The average Bonchev–Trinajstić information content (AvgIpc) is 3.24. The first-order chi connectivity index (χ1) is 15.1. The number of para-hydroxylation sites is 2. The van der Waals surface area contributed by atoms with Crippen LogP contribution in [0.3, 0.4) is 0 Å². The van der Waals surface area contributed by atoms with Crippen molar-refractivity contribution in [2.45, 2.75) is 19.3 Å². The molecule has 3 heterocycles. The van der Waals surface area contributed by atoms with Gasteiger partial charge in [-0.05, 0) is 47.5 Å². The standard InChI is InChI=1S/C27H21N3O/c1-27(2)20-7-3-5-9-23(20)30(24-10-6-4-8-21(24)27)19-13-11-18(12-14-19)26-29-22-17-28-16-15-25(22)31-26/h3-17H,1-2H3. The van der Waals surface area contributed by atoms with Gasteiger partial charge in [-0.1, -0.05) is 50.2 Å². The highest BCUT2D eigenvalue weighted by atomic mass is 16.3. The first kappa shape index (κ1) is 17.9. The third kappa shape index (κ3) is 2.68. The number of anilines is 3. The molecule has 6 rings (SSSR count). The van der Waals surface area contributed by atoms with Crippen molar-refractivity contribution in [3.8, 4) is 11.5 Å². The van der Waals surface area contributed by atoms with E-state index in [9.17, 15) is 0 Å². The van der Waals surface area contributed by atoms with E-state index in [1.54, 1.807) is 12.4 Å². The fourth-order valence-corrected chi connectivity index (χ4v) is 4.60. The molecule has 0 fully saturated rings. The van der Waals surface area contributed by atoms with Gasteiger partial charge in [0.05, 0.1) is 17.6 Å². The van der Waals surface area contributed by atoms with Crippen molar-refractivity contribution in [3.63, 3.8) is 0 Å². The highest BCUT2D eigenvalue weighted by Gasteiger charge is 2.36. The molecule has 31 heavy (non-hydrogen) atoms. The fourth-order valence-electron chi connectivity index (χ4n) is 4.60. The van der Waals surface area contributed by atoms with Gasteiger partial charge in [0.2, 0.25) is 5.89 Å². The molecule has 0 bridgehead atoms. The van der Waals surface area contributed by atoms with E-state index in [-0.39, 0.29) is 5.41 Å². The Kier molecular flexibility index (Phi) is 3.78. The molecule has 150 valence electrons. The third-order valence-corrected chi connectivity index (χ3v) is 6.20. The number of rotatable bonds is 2. The lowest BCUT2D eigenvalue weighted by Crippen LogP contribution is -2.30. The molecule has 1 aliphatic heterocycles. The second-order valence-corrected chi connectivity index (χ2v) is 8.40. The van der Waals surface area contributed by atoms with Crippen molar-refractivity contribution < 1.29 is 4.42 Å². The first-order valence-electron chi connectivity index (χ1n) is 10.4. The number of hydrogen-bond acceptors (Lipinski definition) is 4. The molecule has 1 aliphatic rings. The van der Waals surface area contributed by atoms with Crippen LogP contribution in [0.4, 0.5) is 17.1 Å². The second-order valence-electron chi connectivity index (χ2n) is 8.40. The number of hydrogen-bond donors (Lipinski definition) is 0. The molecule has 0 amide bonds. The quantitative estimate of drug-likeness (QED) is 0.318. The van der Waals surface area contributed by atoms with Gasteiger partial charge in [0, 0.05) is 28.9 Å². The number of nitrogens with zero attached hydrogens (tertiary/aromatic N) is 3.